The molecule has 1 N–H and O–H groups in total. The van der Waals surface area contributed by atoms with Crippen LogP contribution in [0.25, 0.3) is 16.8 Å². The van der Waals surface area contributed by atoms with Gasteiger partial charge < -0.3 is 23.9 Å². The van der Waals surface area contributed by atoms with Crippen molar-refractivity contribution in [2.45, 2.75) is 13.8 Å². The summed E-state index contributed by atoms with van der Waals surface area (Å²) in [5.74, 6) is 0.165. The van der Waals surface area contributed by atoms with Gasteiger partial charge in [-0.1, -0.05) is 6.07 Å². The number of pyridine rings is 1. The van der Waals surface area contributed by atoms with Crippen molar-refractivity contribution in [1.82, 2.24) is 9.38 Å². The minimum atomic E-state index is -0.524. The maximum Gasteiger partial charge on any atom is 0.341 e. The Balaban J connectivity index is 1.71. The SMILES string of the molecule is CCOC(=O)c1c(-c2ccc(OC)c(OC)c2)csc1NC(=O)c1cn2ccc(C)cc2n1. The van der Waals surface area contributed by atoms with E-state index < -0.39 is 11.9 Å². The van der Waals surface area contributed by atoms with Crippen LogP contribution in [-0.2, 0) is 4.74 Å². The molecule has 0 aliphatic carbocycles. The number of anilines is 1. The van der Waals surface area contributed by atoms with Crippen molar-refractivity contribution in [2.24, 2.45) is 0 Å². The number of fused-ring (bicyclic) bond motifs is 1. The number of carbonyl (C=O) groups excluding carboxylic acids is 2. The number of carbonyl (C=O) groups is 2. The molecule has 4 aromatic rings. The van der Waals surface area contributed by atoms with Crippen LogP contribution in [0.2, 0.25) is 0 Å². The molecule has 0 atom stereocenters. The molecular weight excluding hydrogens is 442 g/mol. The van der Waals surface area contributed by atoms with Crippen LogP contribution in [-0.4, -0.2) is 42.1 Å². The van der Waals surface area contributed by atoms with Crippen LogP contribution < -0.4 is 14.8 Å². The minimum Gasteiger partial charge on any atom is -0.493 e. The second-order valence-electron chi connectivity index (χ2n) is 7.19. The van der Waals surface area contributed by atoms with Gasteiger partial charge >= 0.3 is 5.97 Å². The predicted molar refractivity (Wildman–Crippen MR) is 127 cm³/mol. The third kappa shape index (κ3) is 4.40. The number of benzene rings is 1. The molecule has 9 heteroatoms. The second-order valence-corrected chi connectivity index (χ2v) is 8.07. The van der Waals surface area contributed by atoms with E-state index in [-0.39, 0.29) is 17.9 Å². The first-order valence-corrected chi connectivity index (χ1v) is 11.1. The Morgan fingerprint density at radius 3 is 2.64 bits per heavy atom. The van der Waals surface area contributed by atoms with Crippen LogP contribution in [0.5, 0.6) is 11.5 Å². The summed E-state index contributed by atoms with van der Waals surface area (Å²) in [6.07, 6.45) is 3.50. The summed E-state index contributed by atoms with van der Waals surface area (Å²) in [5, 5.41) is 5.02. The van der Waals surface area contributed by atoms with Gasteiger partial charge in [-0.05, 0) is 49.2 Å². The maximum absolute atomic E-state index is 13.0. The van der Waals surface area contributed by atoms with Gasteiger partial charge in [-0.2, -0.15) is 0 Å². The van der Waals surface area contributed by atoms with Crippen molar-refractivity contribution in [2.75, 3.05) is 26.1 Å². The van der Waals surface area contributed by atoms with Gasteiger partial charge in [0.2, 0.25) is 0 Å². The summed E-state index contributed by atoms with van der Waals surface area (Å²) >= 11 is 1.24. The molecule has 3 aromatic heterocycles. The van der Waals surface area contributed by atoms with Crippen LogP contribution in [0.1, 0.15) is 33.3 Å². The number of nitrogens with one attached hydrogen (secondary N) is 1. The number of imidazole rings is 1. The molecule has 0 saturated heterocycles. The molecule has 8 nitrogen and oxygen atoms in total. The van der Waals surface area contributed by atoms with Gasteiger partial charge in [0.15, 0.2) is 11.5 Å². The van der Waals surface area contributed by atoms with Gasteiger partial charge in [-0.15, -0.1) is 11.3 Å². The molecule has 0 unspecified atom stereocenters. The number of aryl methyl sites for hydroxylation is 1. The average Bonchev–Trinajstić information content (AvgIpc) is 3.42. The van der Waals surface area contributed by atoms with Crippen LogP contribution >= 0.6 is 11.3 Å². The first kappa shape index (κ1) is 22.3. The quantitative estimate of drug-likeness (QED) is 0.394. The van der Waals surface area contributed by atoms with E-state index in [0.29, 0.717) is 27.7 Å². The Hall–Kier alpha value is -3.85. The number of rotatable bonds is 7. The van der Waals surface area contributed by atoms with Crippen molar-refractivity contribution < 1.29 is 23.8 Å². The standard InChI is InChI=1S/C24H23N3O5S/c1-5-32-24(29)21-16(15-6-7-18(30-3)19(11-15)31-4)13-33-23(21)26-22(28)17-12-27-9-8-14(2)10-20(27)25-17/h6-13H,5H2,1-4H3,(H,26,28). The lowest BCUT2D eigenvalue weighted by Gasteiger charge is -2.11. The fraction of sp³-hybridized carbons (Fsp3) is 0.208. The van der Waals surface area contributed by atoms with Crippen molar-refractivity contribution in [3.05, 3.63) is 64.9 Å². The van der Waals surface area contributed by atoms with Crippen molar-refractivity contribution in [3.8, 4) is 22.6 Å². The number of thiophene rings is 1. The smallest absolute Gasteiger partial charge is 0.341 e. The number of methoxy groups -OCH3 is 2. The van der Waals surface area contributed by atoms with E-state index in [0.717, 1.165) is 11.1 Å². The largest absolute Gasteiger partial charge is 0.493 e. The molecule has 0 fully saturated rings. The second kappa shape index (κ2) is 9.33. The molecular formula is C24H23N3O5S. The van der Waals surface area contributed by atoms with Gasteiger partial charge in [-0.25, -0.2) is 9.78 Å². The van der Waals surface area contributed by atoms with Gasteiger partial charge in [0.1, 0.15) is 21.9 Å². The van der Waals surface area contributed by atoms with Gasteiger partial charge in [-0.3, -0.25) is 4.79 Å². The van der Waals surface area contributed by atoms with Crippen molar-refractivity contribution in [1.29, 1.82) is 0 Å². The number of hydrogen-bond acceptors (Lipinski definition) is 7. The minimum absolute atomic E-state index is 0.208. The maximum atomic E-state index is 13.0. The lowest BCUT2D eigenvalue weighted by Crippen LogP contribution is -2.15. The summed E-state index contributed by atoms with van der Waals surface area (Å²) in [6.45, 7) is 3.90. The normalized spacial score (nSPS) is 10.8. The van der Waals surface area contributed by atoms with Crippen LogP contribution in [0.3, 0.4) is 0 Å². The highest BCUT2D eigenvalue weighted by Gasteiger charge is 2.24. The molecule has 170 valence electrons. The highest BCUT2D eigenvalue weighted by molar-refractivity contribution is 7.15. The predicted octanol–water partition coefficient (Wildman–Crippen LogP) is 4.82. The van der Waals surface area contributed by atoms with E-state index in [4.69, 9.17) is 14.2 Å². The highest BCUT2D eigenvalue weighted by atomic mass is 32.1. The zero-order valence-electron chi connectivity index (χ0n) is 18.7. The molecule has 0 bridgehead atoms. The van der Waals surface area contributed by atoms with Gasteiger partial charge in [0.25, 0.3) is 5.91 Å². The van der Waals surface area contributed by atoms with Gasteiger partial charge in [0, 0.05) is 23.3 Å². The molecule has 33 heavy (non-hydrogen) atoms. The van der Waals surface area contributed by atoms with E-state index >= 15 is 0 Å². The van der Waals surface area contributed by atoms with Crippen LogP contribution in [0, 0.1) is 6.92 Å². The number of ether oxygens (including phenoxy) is 3. The zero-order valence-corrected chi connectivity index (χ0v) is 19.5. The third-order valence-electron chi connectivity index (χ3n) is 5.04. The number of esters is 1. The molecule has 1 amide bonds. The zero-order chi connectivity index (χ0) is 23.5. The van der Waals surface area contributed by atoms with E-state index in [2.05, 4.69) is 10.3 Å². The highest BCUT2D eigenvalue weighted by Crippen LogP contribution is 2.39. The Bertz CT molecular complexity index is 1340. The van der Waals surface area contributed by atoms with E-state index in [1.54, 1.807) is 49.3 Å². The lowest BCUT2D eigenvalue weighted by molar-refractivity contribution is 0.0529. The van der Waals surface area contributed by atoms with Gasteiger partial charge in [0.05, 0.1) is 20.8 Å². The monoisotopic (exact) mass is 465 g/mol. The third-order valence-corrected chi connectivity index (χ3v) is 5.94. The van der Waals surface area contributed by atoms with Crippen LogP contribution in [0.15, 0.2) is 48.1 Å². The van der Waals surface area contributed by atoms with Crippen LogP contribution in [0.4, 0.5) is 5.00 Å². The fourth-order valence-corrected chi connectivity index (χ4v) is 4.38. The summed E-state index contributed by atoms with van der Waals surface area (Å²) in [7, 11) is 3.10. The average molecular weight is 466 g/mol. The summed E-state index contributed by atoms with van der Waals surface area (Å²) in [4.78, 5) is 30.2. The van der Waals surface area contributed by atoms with E-state index in [1.165, 1.54) is 11.3 Å². The van der Waals surface area contributed by atoms with Crippen molar-refractivity contribution >= 4 is 33.9 Å². The number of nitrogens with zero attached hydrogens (tertiary/aromatic N) is 2. The Morgan fingerprint density at radius 2 is 1.91 bits per heavy atom. The van der Waals surface area contributed by atoms with E-state index in [9.17, 15) is 9.59 Å². The molecule has 1 aromatic carbocycles. The fourth-order valence-electron chi connectivity index (χ4n) is 3.43. The summed E-state index contributed by atoms with van der Waals surface area (Å²) < 4.78 is 17.8. The van der Waals surface area contributed by atoms with Crippen molar-refractivity contribution in [3.63, 3.8) is 0 Å². The molecule has 0 spiro atoms. The molecule has 0 aliphatic rings. The Labute approximate surface area is 194 Å². The Kier molecular flexibility index (Phi) is 6.32. The molecule has 3 heterocycles. The number of hydrogen-bond donors (Lipinski definition) is 1. The first-order chi connectivity index (χ1) is 15.9. The number of amides is 1. The summed E-state index contributed by atoms with van der Waals surface area (Å²) in [5.41, 5.74) is 3.60. The Morgan fingerprint density at radius 1 is 1.12 bits per heavy atom. The number of aromatic nitrogens is 2. The lowest BCUT2D eigenvalue weighted by atomic mass is 10.0. The topological polar surface area (TPSA) is 91.2 Å². The first-order valence-electron chi connectivity index (χ1n) is 10.2. The summed E-state index contributed by atoms with van der Waals surface area (Å²) in [6, 6.07) is 9.19. The molecule has 0 aliphatic heterocycles. The molecule has 0 radical (unpaired) electrons. The molecule has 4 rings (SSSR count). The molecule has 0 saturated carbocycles. The van der Waals surface area contributed by atoms with E-state index in [1.807, 2.05) is 31.3 Å².